The zero-order chi connectivity index (χ0) is 26.7. The summed E-state index contributed by atoms with van der Waals surface area (Å²) in [6, 6.07) is 33.8. The molecule has 0 aromatic heterocycles. The van der Waals surface area contributed by atoms with Crippen LogP contribution in [0.3, 0.4) is 0 Å². The molecule has 0 aliphatic heterocycles. The molecular formula is C35H50O2P+. The maximum absolute atomic E-state index is 6.02. The molecule has 0 N–H and O–H groups in total. The highest BCUT2D eigenvalue weighted by atomic mass is 31.2. The zero-order valence-electron chi connectivity index (χ0n) is 23.9. The summed E-state index contributed by atoms with van der Waals surface area (Å²) in [6.45, 7) is 6.06. The minimum absolute atomic E-state index is 0.0128. The Morgan fingerprint density at radius 2 is 0.895 bits per heavy atom. The van der Waals surface area contributed by atoms with Gasteiger partial charge in [-0.25, -0.2) is 0 Å². The Hall–Kier alpha value is -1.99. The summed E-state index contributed by atoms with van der Waals surface area (Å²) in [5.41, 5.74) is 0. The molecule has 0 atom stereocenters. The van der Waals surface area contributed by atoms with E-state index in [0.29, 0.717) is 0 Å². The van der Waals surface area contributed by atoms with Gasteiger partial charge in [0.2, 0.25) is 0 Å². The normalized spacial score (nSPS) is 11.8. The molecule has 206 valence electrons. The van der Waals surface area contributed by atoms with Crippen molar-refractivity contribution in [2.75, 3.05) is 19.4 Å². The van der Waals surface area contributed by atoms with Crippen LogP contribution in [-0.2, 0) is 9.47 Å². The molecular weight excluding hydrogens is 483 g/mol. The van der Waals surface area contributed by atoms with Gasteiger partial charge in [0.25, 0.3) is 0 Å². The molecule has 0 fully saturated rings. The van der Waals surface area contributed by atoms with E-state index in [4.69, 9.17) is 9.47 Å². The van der Waals surface area contributed by atoms with Crippen molar-refractivity contribution < 1.29 is 9.47 Å². The van der Waals surface area contributed by atoms with E-state index in [-0.39, 0.29) is 6.29 Å². The van der Waals surface area contributed by atoms with Crippen molar-refractivity contribution in [2.45, 2.75) is 90.8 Å². The van der Waals surface area contributed by atoms with Crippen LogP contribution in [0.25, 0.3) is 0 Å². The maximum atomic E-state index is 6.02. The van der Waals surface area contributed by atoms with E-state index >= 15 is 0 Å². The molecule has 3 aromatic carbocycles. The molecule has 0 saturated carbocycles. The van der Waals surface area contributed by atoms with Gasteiger partial charge in [-0.05, 0) is 74.9 Å². The molecule has 3 aromatic rings. The van der Waals surface area contributed by atoms with Crippen LogP contribution in [0.15, 0.2) is 91.0 Å². The van der Waals surface area contributed by atoms with E-state index in [1.165, 1.54) is 73.4 Å². The van der Waals surface area contributed by atoms with Crippen molar-refractivity contribution in [3.05, 3.63) is 91.0 Å². The van der Waals surface area contributed by atoms with Crippen LogP contribution in [0.4, 0.5) is 0 Å². The highest BCUT2D eigenvalue weighted by Crippen LogP contribution is 2.56. The van der Waals surface area contributed by atoms with E-state index in [1.54, 1.807) is 0 Å². The first-order valence-corrected chi connectivity index (χ1v) is 17.1. The van der Waals surface area contributed by atoms with Crippen molar-refractivity contribution in [3.63, 3.8) is 0 Å². The average molecular weight is 534 g/mol. The van der Waals surface area contributed by atoms with Gasteiger partial charge in [-0.2, -0.15) is 0 Å². The van der Waals surface area contributed by atoms with Gasteiger partial charge in [0.15, 0.2) is 6.29 Å². The monoisotopic (exact) mass is 533 g/mol. The zero-order valence-corrected chi connectivity index (χ0v) is 24.8. The molecule has 3 rings (SSSR count). The molecule has 0 aliphatic carbocycles. The highest BCUT2D eigenvalue weighted by molar-refractivity contribution is 7.95. The Labute approximate surface area is 233 Å². The Morgan fingerprint density at radius 3 is 1.32 bits per heavy atom. The van der Waals surface area contributed by atoms with Gasteiger partial charge >= 0.3 is 0 Å². The Balaban J connectivity index is 1.54. The second-order valence-electron chi connectivity index (χ2n) is 10.3. The minimum Gasteiger partial charge on any atom is -0.353 e. The summed E-state index contributed by atoms with van der Waals surface area (Å²) in [4.78, 5) is 0. The summed E-state index contributed by atoms with van der Waals surface area (Å²) in [7, 11) is -1.69. The number of ether oxygens (including phenoxy) is 2. The lowest BCUT2D eigenvalue weighted by Gasteiger charge is -2.27. The van der Waals surface area contributed by atoms with Gasteiger partial charge in [0, 0.05) is 13.2 Å². The molecule has 0 amide bonds. The summed E-state index contributed by atoms with van der Waals surface area (Å²) in [6.07, 6.45) is 14.4. The second kappa shape index (κ2) is 18.3. The smallest absolute Gasteiger partial charge is 0.157 e. The van der Waals surface area contributed by atoms with Gasteiger partial charge < -0.3 is 9.47 Å². The van der Waals surface area contributed by atoms with E-state index in [9.17, 15) is 0 Å². The SMILES string of the molecule is CCCCOC(CCCCCCCC[P+](c1ccccc1)(c1ccccc1)c1ccccc1)OCCCC. The molecule has 0 saturated heterocycles. The second-order valence-corrected chi connectivity index (χ2v) is 13.9. The van der Waals surface area contributed by atoms with Crippen molar-refractivity contribution in [1.29, 1.82) is 0 Å². The standard InChI is InChI=1S/C35H50O2P/c1-3-5-29-36-35(37-30-6-4-2)28-20-9-7-8-10-21-31-38(32-22-14-11-15-23-32,33-24-16-12-17-25-33)34-26-18-13-19-27-34/h11-19,22-27,35H,3-10,20-21,28-31H2,1-2H3/q+1. The average Bonchev–Trinajstić information content (AvgIpc) is 2.98. The van der Waals surface area contributed by atoms with E-state index in [0.717, 1.165) is 32.5 Å². The van der Waals surface area contributed by atoms with Crippen LogP contribution >= 0.6 is 7.26 Å². The van der Waals surface area contributed by atoms with Crippen molar-refractivity contribution in [2.24, 2.45) is 0 Å². The molecule has 0 aliphatic rings. The number of rotatable bonds is 20. The lowest BCUT2D eigenvalue weighted by molar-refractivity contribution is -0.147. The summed E-state index contributed by atoms with van der Waals surface area (Å²) >= 11 is 0. The first-order valence-electron chi connectivity index (χ1n) is 15.1. The molecule has 0 radical (unpaired) electrons. The molecule has 0 unspecified atom stereocenters. The Morgan fingerprint density at radius 1 is 0.500 bits per heavy atom. The first-order chi connectivity index (χ1) is 18.8. The predicted molar refractivity (Wildman–Crippen MR) is 168 cm³/mol. The quantitative estimate of drug-likeness (QED) is 0.0822. The lowest BCUT2D eigenvalue weighted by atomic mass is 10.1. The number of unbranched alkanes of at least 4 members (excludes halogenated alkanes) is 7. The summed E-state index contributed by atoms with van der Waals surface area (Å²) in [5.74, 6) is 0. The minimum atomic E-state index is -1.69. The van der Waals surface area contributed by atoms with Crippen LogP contribution in [0.2, 0.25) is 0 Å². The fraction of sp³-hybridized carbons (Fsp3) is 0.486. The van der Waals surface area contributed by atoms with Crippen molar-refractivity contribution >= 4 is 23.2 Å². The van der Waals surface area contributed by atoms with Gasteiger partial charge in [-0.3, -0.25) is 0 Å². The van der Waals surface area contributed by atoms with Crippen LogP contribution in [0.1, 0.15) is 84.5 Å². The van der Waals surface area contributed by atoms with E-state index in [1.807, 2.05) is 0 Å². The highest BCUT2D eigenvalue weighted by Gasteiger charge is 2.44. The van der Waals surface area contributed by atoms with E-state index in [2.05, 4.69) is 105 Å². The molecule has 0 spiro atoms. The van der Waals surface area contributed by atoms with Crippen LogP contribution in [0.5, 0.6) is 0 Å². The first kappa shape index (κ1) is 30.6. The largest absolute Gasteiger partial charge is 0.353 e. The van der Waals surface area contributed by atoms with Crippen LogP contribution < -0.4 is 15.9 Å². The molecule has 0 heterocycles. The molecule has 38 heavy (non-hydrogen) atoms. The third kappa shape index (κ3) is 9.64. The fourth-order valence-corrected chi connectivity index (χ4v) is 9.59. The van der Waals surface area contributed by atoms with Crippen LogP contribution in [-0.4, -0.2) is 25.7 Å². The van der Waals surface area contributed by atoms with Gasteiger partial charge in [0.05, 0.1) is 6.16 Å². The summed E-state index contributed by atoms with van der Waals surface area (Å²) < 4.78 is 12.0. The number of benzene rings is 3. The lowest BCUT2D eigenvalue weighted by Crippen LogP contribution is -2.33. The van der Waals surface area contributed by atoms with Gasteiger partial charge in [-0.15, -0.1) is 0 Å². The van der Waals surface area contributed by atoms with Crippen molar-refractivity contribution in [3.8, 4) is 0 Å². The topological polar surface area (TPSA) is 18.5 Å². The van der Waals surface area contributed by atoms with Gasteiger partial charge in [-0.1, -0.05) is 101 Å². The molecule has 3 heteroatoms. The number of hydrogen-bond acceptors (Lipinski definition) is 2. The third-order valence-electron chi connectivity index (χ3n) is 7.38. The number of hydrogen-bond donors (Lipinski definition) is 0. The molecule has 2 nitrogen and oxygen atoms in total. The predicted octanol–water partition coefficient (Wildman–Crippen LogP) is 8.67. The summed E-state index contributed by atoms with van der Waals surface area (Å²) in [5, 5.41) is 4.48. The maximum Gasteiger partial charge on any atom is 0.157 e. The Kier molecular flexibility index (Phi) is 14.7. The fourth-order valence-electron chi connectivity index (χ4n) is 5.18. The van der Waals surface area contributed by atoms with Gasteiger partial charge in [0.1, 0.15) is 23.2 Å². The van der Waals surface area contributed by atoms with E-state index < -0.39 is 7.26 Å². The van der Waals surface area contributed by atoms with Crippen LogP contribution in [0, 0.1) is 0 Å². The van der Waals surface area contributed by atoms with Crippen molar-refractivity contribution in [1.82, 2.24) is 0 Å². The Bertz CT molecular complexity index is 854. The molecule has 0 bridgehead atoms. The third-order valence-corrected chi connectivity index (χ3v) is 11.9.